The van der Waals surface area contributed by atoms with Crippen molar-refractivity contribution < 1.29 is 9.84 Å². The lowest BCUT2D eigenvalue weighted by atomic mass is 9.76. The van der Waals surface area contributed by atoms with Gasteiger partial charge in [0.15, 0.2) is 0 Å². The second-order valence-electron chi connectivity index (χ2n) is 6.70. The van der Waals surface area contributed by atoms with Crippen molar-refractivity contribution in [1.29, 1.82) is 0 Å². The highest BCUT2D eigenvalue weighted by molar-refractivity contribution is 4.97. The third-order valence-corrected chi connectivity index (χ3v) is 4.82. The van der Waals surface area contributed by atoms with Crippen molar-refractivity contribution >= 4 is 0 Å². The molecule has 1 N–H and O–H groups in total. The molecule has 0 aromatic rings. The maximum absolute atomic E-state index is 9.59. The minimum absolute atomic E-state index is 0.463. The van der Waals surface area contributed by atoms with Gasteiger partial charge >= 0.3 is 0 Å². The maximum Gasteiger partial charge on any atom is 0.0824 e. The summed E-state index contributed by atoms with van der Waals surface area (Å²) in [6.07, 6.45) is 2.76. The first-order chi connectivity index (χ1) is 7.38. The Kier molecular flexibility index (Phi) is 3.33. The van der Waals surface area contributed by atoms with Crippen molar-refractivity contribution in [3.8, 4) is 0 Å². The van der Waals surface area contributed by atoms with Gasteiger partial charge in [0, 0.05) is 6.61 Å². The van der Waals surface area contributed by atoms with Crippen molar-refractivity contribution in [2.24, 2.45) is 29.6 Å². The van der Waals surface area contributed by atoms with Crippen LogP contribution in [0.1, 0.15) is 40.5 Å². The Morgan fingerprint density at radius 3 is 2.38 bits per heavy atom. The van der Waals surface area contributed by atoms with E-state index in [0.717, 1.165) is 36.2 Å². The lowest BCUT2D eigenvalue weighted by Crippen LogP contribution is -2.31. The number of hydrogen-bond donors (Lipinski definition) is 1. The van der Waals surface area contributed by atoms with Gasteiger partial charge in [-0.05, 0) is 56.3 Å². The summed E-state index contributed by atoms with van der Waals surface area (Å²) in [7, 11) is 0. The fraction of sp³-hybridized carbons (Fsp3) is 1.00. The first-order valence-electron chi connectivity index (χ1n) is 6.68. The lowest BCUT2D eigenvalue weighted by molar-refractivity contribution is -0.0396. The summed E-state index contributed by atoms with van der Waals surface area (Å²) < 4.78 is 5.67. The number of aliphatic hydroxyl groups is 1. The molecule has 2 rings (SSSR count). The summed E-state index contributed by atoms with van der Waals surface area (Å²) >= 11 is 0. The van der Waals surface area contributed by atoms with Crippen molar-refractivity contribution in [2.75, 3.05) is 13.2 Å². The van der Waals surface area contributed by atoms with Crippen molar-refractivity contribution in [3.05, 3.63) is 0 Å². The van der Waals surface area contributed by atoms with E-state index >= 15 is 0 Å². The van der Waals surface area contributed by atoms with Gasteiger partial charge in [0.05, 0.1) is 12.2 Å². The highest BCUT2D eigenvalue weighted by Gasteiger charge is 2.48. The lowest BCUT2D eigenvalue weighted by Gasteiger charge is -2.32. The first-order valence-corrected chi connectivity index (χ1v) is 6.68. The average molecular weight is 226 g/mol. The molecule has 0 aliphatic heterocycles. The number of ether oxygens (including phenoxy) is 1. The first kappa shape index (κ1) is 12.4. The molecule has 2 aliphatic carbocycles. The third kappa shape index (κ3) is 2.43. The Labute approximate surface area is 99.4 Å². The van der Waals surface area contributed by atoms with E-state index in [1.807, 2.05) is 0 Å². The van der Waals surface area contributed by atoms with E-state index < -0.39 is 5.60 Å². The summed E-state index contributed by atoms with van der Waals surface area (Å²) in [5, 5.41) is 9.59. The minimum Gasteiger partial charge on any atom is -0.388 e. The van der Waals surface area contributed by atoms with Crippen LogP contribution >= 0.6 is 0 Å². The van der Waals surface area contributed by atoms with Gasteiger partial charge in [-0.15, -0.1) is 0 Å². The van der Waals surface area contributed by atoms with E-state index in [4.69, 9.17) is 4.74 Å². The molecule has 0 amide bonds. The molecule has 0 saturated heterocycles. The summed E-state index contributed by atoms with van der Waals surface area (Å²) in [6, 6.07) is 0. The Hall–Kier alpha value is -0.0800. The van der Waals surface area contributed by atoms with Crippen LogP contribution in [0.15, 0.2) is 0 Å². The second kappa shape index (κ2) is 4.30. The summed E-state index contributed by atoms with van der Waals surface area (Å²) in [6.45, 7) is 9.73. The molecule has 0 aromatic carbocycles. The largest absolute Gasteiger partial charge is 0.388 e. The zero-order chi connectivity index (χ0) is 11.9. The molecule has 2 bridgehead atoms. The van der Waals surface area contributed by atoms with E-state index in [1.54, 1.807) is 13.8 Å². The van der Waals surface area contributed by atoms with Crippen LogP contribution < -0.4 is 0 Å². The minimum atomic E-state index is -0.684. The van der Waals surface area contributed by atoms with E-state index in [-0.39, 0.29) is 0 Å². The van der Waals surface area contributed by atoms with Crippen LogP contribution in [0.3, 0.4) is 0 Å². The van der Waals surface area contributed by atoms with Crippen LogP contribution in [0.5, 0.6) is 0 Å². The molecule has 5 unspecified atom stereocenters. The maximum atomic E-state index is 9.59. The Morgan fingerprint density at radius 2 is 1.88 bits per heavy atom. The third-order valence-electron chi connectivity index (χ3n) is 4.82. The van der Waals surface area contributed by atoms with Crippen LogP contribution in [0, 0.1) is 29.6 Å². The van der Waals surface area contributed by atoms with Crippen LogP contribution in [-0.2, 0) is 4.74 Å². The Balaban J connectivity index is 1.77. The van der Waals surface area contributed by atoms with Gasteiger partial charge in [-0.2, -0.15) is 0 Å². The Morgan fingerprint density at radius 1 is 1.19 bits per heavy atom. The van der Waals surface area contributed by atoms with Crippen molar-refractivity contribution in [3.63, 3.8) is 0 Å². The molecule has 2 nitrogen and oxygen atoms in total. The van der Waals surface area contributed by atoms with Crippen molar-refractivity contribution in [1.82, 2.24) is 0 Å². The highest BCUT2D eigenvalue weighted by Crippen LogP contribution is 2.54. The van der Waals surface area contributed by atoms with Crippen LogP contribution in [0.4, 0.5) is 0 Å². The van der Waals surface area contributed by atoms with Gasteiger partial charge in [-0.1, -0.05) is 13.8 Å². The molecule has 2 aliphatic rings. The zero-order valence-electron chi connectivity index (χ0n) is 11.1. The number of hydrogen-bond acceptors (Lipinski definition) is 2. The topological polar surface area (TPSA) is 29.5 Å². The number of fused-ring (bicyclic) bond motifs is 2. The molecule has 0 heterocycles. The molecule has 0 radical (unpaired) electrons. The van der Waals surface area contributed by atoms with E-state index in [2.05, 4.69) is 13.8 Å². The predicted molar refractivity (Wildman–Crippen MR) is 65.1 cm³/mol. The van der Waals surface area contributed by atoms with Gasteiger partial charge in [0.1, 0.15) is 0 Å². The molecule has 2 fully saturated rings. The Bertz CT molecular complexity index is 242. The fourth-order valence-corrected chi connectivity index (χ4v) is 3.75. The highest BCUT2D eigenvalue weighted by atomic mass is 16.5. The molecule has 16 heavy (non-hydrogen) atoms. The summed E-state index contributed by atoms with van der Waals surface area (Å²) in [4.78, 5) is 0. The smallest absolute Gasteiger partial charge is 0.0824 e. The van der Waals surface area contributed by atoms with Gasteiger partial charge < -0.3 is 9.84 Å². The molecule has 0 spiro atoms. The quantitative estimate of drug-likeness (QED) is 0.798. The van der Waals surface area contributed by atoms with E-state index in [0.29, 0.717) is 6.61 Å². The van der Waals surface area contributed by atoms with Gasteiger partial charge in [0.25, 0.3) is 0 Å². The summed E-state index contributed by atoms with van der Waals surface area (Å²) in [5.41, 5.74) is -0.684. The monoisotopic (exact) mass is 226 g/mol. The standard InChI is InChI=1S/C14H26O2/c1-9-10(2)13-6-11(9)5-12(13)7-16-8-14(3,4)15/h9-13,15H,5-8H2,1-4H3. The SMILES string of the molecule is CC1C2CC(COCC(C)(C)O)C(C2)C1C. The predicted octanol–water partition coefficient (Wildman–Crippen LogP) is 2.70. The molecule has 94 valence electrons. The molecular formula is C14H26O2. The molecule has 2 saturated carbocycles. The average Bonchev–Trinajstić information content (AvgIpc) is 2.66. The van der Waals surface area contributed by atoms with E-state index in [1.165, 1.54) is 12.8 Å². The van der Waals surface area contributed by atoms with Crippen LogP contribution in [0.25, 0.3) is 0 Å². The van der Waals surface area contributed by atoms with Crippen molar-refractivity contribution in [2.45, 2.75) is 46.1 Å². The van der Waals surface area contributed by atoms with Gasteiger partial charge in [-0.25, -0.2) is 0 Å². The van der Waals surface area contributed by atoms with Crippen LogP contribution in [0.2, 0.25) is 0 Å². The second-order valence-corrected chi connectivity index (χ2v) is 6.70. The summed E-state index contributed by atoms with van der Waals surface area (Å²) in [5.74, 6) is 4.35. The zero-order valence-corrected chi connectivity index (χ0v) is 11.1. The molecule has 5 atom stereocenters. The molecular weight excluding hydrogens is 200 g/mol. The van der Waals surface area contributed by atoms with Gasteiger partial charge in [-0.3, -0.25) is 0 Å². The number of rotatable bonds is 4. The van der Waals surface area contributed by atoms with Crippen LogP contribution in [-0.4, -0.2) is 23.9 Å². The normalized spacial score (nSPS) is 42.9. The van der Waals surface area contributed by atoms with E-state index in [9.17, 15) is 5.11 Å². The molecule has 0 aromatic heterocycles. The fourth-order valence-electron chi connectivity index (χ4n) is 3.75. The van der Waals surface area contributed by atoms with Gasteiger partial charge in [0.2, 0.25) is 0 Å². The molecule has 2 heteroatoms.